The van der Waals surface area contributed by atoms with Gasteiger partial charge in [-0.15, -0.1) is 0 Å². The van der Waals surface area contributed by atoms with Crippen molar-refractivity contribution in [1.82, 2.24) is 24.1 Å². The maximum Gasteiger partial charge on any atom is 0.238 e. The van der Waals surface area contributed by atoms with Crippen LogP contribution in [0, 0.1) is 0 Å². The van der Waals surface area contributed by atoms with E-state index in [-0.39, 0.29) is 0 Å². The van der Waals surface area contributed by atoms with Gasteiger partial charge in [0.2, 0.25) is 5.95 Å². The highest BCUT2D eigenvalue weighted by molar-refractivity contribution is 6.16. The number of aromatic nitrogens is 5. The number of furan rings is 1. The molecule has 69 heavy (non-hydrogen) atoms. The Hall–Kier alpha value is -9.39. The van der Waals surface area contributed by atoms with Gasteiger partial charge < -0.3 is 8.98 Å². The van der Waals surface area contributed by atoms with Crippen LogP contribution in [0.2, 0.25) is 0 Å². The van der Waals surface area contributed by atoms with Crippen LogP contribution in [0.3, 0.4) is 0 Å². The molecule has 6 heteroatoms. The van der Waals surface area contributed by atoms with Crippen molar-refractivity contribution < 1.29 is 4.42 Å². The van der Waals surface area contributed by atoms with E-state index in [2.05, 4.69) is 185 Å². The largest absolute Gasteiger partial charge is 0.456 e. The molecule has 4 aromatic heterocycles. The number of fused-ring (bicyclic) bond motifs is 9. The number of para-hydroxylation sites is 2. The third kappa shape index (κ3) is 6.38. The van der Waals surface area contributed by atoms with Gasteiger partial charge in [0.05, 0.1) is 22.1 Å². The fourth-order valence-corrected chi connectivity index (χ4v) is 10.4. The number of nitrogens with zero attached hydrogens (tertiary/aromatic N) is 5. The van der Waals surface area contributed by atoms with E-state index < -0.39 is 0 Å². The van der Waals surface area contributed by atoms with Crippen LogP contribution in [0.1, 0.15) is 0 Å². The first-order valence-electron chi connectivity index (χ1n) is 23.3. The standard InChI is InChI=1S/C63H39N5O/c1-4-16-40(17-5-1)43-22-14-23-47(36-43)67-54-27-12-10-24-49(54)51-37-44(30-33-56(51)67)45-32-35-58-53(38-45)60-48(26-15-29-59(60)69-58)46-31-34-57-52(39-46)50-25-11-13-28-55(50)68(57)63-65-61(41-18-6-2-7-19-41)64-62(66-63)42-20-8-3-9-21-42/h1-39H. The molecular weight excluding hydrogens is 843 g/mol. The van der Waals surface area contributed by atoms with Crippen molar-refractivity contribution in [1.29, 1.82) is 0 Å². The van der Waals surface area contributed by atoms with E-state index in [9.17, 15) is 0 Å². The molecule has 0 saturated carbocycles. The van der Waals surface area contributed by atoms with Gasteiger partial charge in [-0.3, -0.25) is 4.57 Å². The number of hydrogen-bond acceptors (Lipinski definition) is 4. The normalized spacial score (nSPS) is 11.8. The van der Waals surface area contributed by atoms with E-state index in [1.54, 1.807) is 0 Å². The second-order valence-electron chi connectivity index (χ2n) is 17.6. The second kappa shape index (κ2) is 15.6. The van der Waals surface area contributed by atoms with Crippen molar-refractivity contribution in [3.05, 3.63) is 237 Å². The van der Waals surface area contributed by atoms with E-state index in [0.29, 0.717) is 17.6 Å². The fourth-order valence-electron chi connectivity index (χ4n) is 10.4. The van der Waals surface area contributed by atoms with Crippen molar-refractivity contribution in [2.75, 3.05) is 0 Å². The quantitative estimate of drug-likeness (QED) is 0.160. The Morgan fingerprint density at radius 3 is 1.46 bits per heavy atom. The van der Waals surface area contributed by atoms with Gasteiger partial charge in [0.15, 0.2) is 11.6 Å². The van der Waals surface area contributed by atoms with E-state index in [4.69, 9.17) is 19.4 Å². The van der Waals surface area contributed by atoms with Crippen molar-refractivity contribution in [2.24, 2.45) is 0 Å². The predicted molar refractivity (Wildman–Crippen MR) is 283 cm³/mol. The Morgan fingerprint density at radius 1 is 0.290 bits per heavy atom. The summed E-state index contributed by atoms with van der Waals surface area (Å²) in [6.45, 7) is 0. The van der Waals surface area contributed by atoms with Crippen molar-refractivity contribution in [2.45, 2.75) is 0 Å². The monoisotopic (exact) mass is 881 g/mol. The summed E-state index contributed by atoms with van der Waals surface area (Å²) in [4.78, 5) is 15.3. The summed E-state index contributed by atoms with van der Waals surface area (Å²) in [5.74, 6) is 1.81. The Balaban J connectivity index is 0.900. The first-order valence-corrected chi connectivity index (χ1v) is 23.3. The average Bonchev–Trinajstić information content (AvgIpc) is 4.08. The maximum atomic E-state index is 6.61. The molecule has 0 fully saturated rings. The van der Waals surface area contributed by atoms with Crippen LogP contribution in [-0.4, -0.2) is 24.1 Å². The van der Waals surface area contributed by atoms with Gasteiger partial charge in [-0.25, -0.2) is 4.98 Å². The lowest BCUT2D eigenvalue weighted by molar-refractivity contribution is 0.669. The third-order valence-corrected chi connectivity index (χ3v) is 13.6. The van der Waals surface area contributed by atoms with E-state index in [1.807, 2.05) is 60.7 Å². The van der Waals surface area contributed by atoms with Crippen molar-refractivity contribution in [3.8, 4) is 67.8 Å². The molecule has 0 atom stereocenters. The molecule has 0 spiro atoms. The summed E-state index contributed by atoms with van der Waals surface area (Å²) in [6.07, 6.45) is 0. The van der Waals surface area contributed by atoms with Gasteiger partial charge >= 0.3 is 0 Å². The number of hydrogen-bond donors (Lipinski definition) is 0. The van der Waals surface area contributed by atoms with Crippen LogP contribution in [0.4, 0.5) is 0 Å². The molecule has 0 aliphatic rings. The van der Waals surface area contributed by atoms with Gasteiger partial charge in [-0.2, -0.15) is 9.97 Å². The SMILES string of the molecule is c1ccc(-c2cccc(-n3c4ccccc4c4cc(-c5ccc6oc7cccc(-c8ccc9c(c8)c8ccccc8n9-c8nc(-c9ccccc9)nc(-c9ccccc9)n8)c7c6c5)ccc43)c2)cc1. The molecule has 0 N–H and O–H groups in total. The summed E-state index contributed by atoms with van der Waals surface area (Å²) in [7, 11) is 0. The predicted octanol–water partition coefficient (Wildman–Crippen LogP) is 16.3. The summed E-state index contributed by atoms with van der Waals surface area (Å²) < 4.78 is 11.2. The van der Waals surface area contributed by atoms with Crippen LogP contribution in [0.25, 0.3) is 133 Å². The Morgan fingerprint density at radius 2 is 0.783 bits per heavy atom. The molecule has 14 aromatic rings. The highest BCUT2D eigenvalue weighted by Gasteiger charge is 2.21. The van der Waals surface area contributed by atoms with E-state index >= 15 is 0 Å². The molecule has 0 bridgehead atoms. The lowest BCUT2D eigenvalue weighted by Gasteiger charge is -2.11. The zero-order chi connectivity index (χ0) is 45.4. The van der Waals surface area contributed by atoms with Crippen LogP contribution in [0.5, 0.6) is 0 Å². The first-order chi connectivity index (χ1) is 34.2. The van der Waals surface area contributed by atoms with Crippen LogP contribution in [0.15, 0.2) is 241 Å². The zero-order valence-electron chi connectivity index (χ0n) is 37.2. The highest BCUT2D eigenvalue weighted by atomic mass is 16.3. The van der Waals surface area contributed by atoms with Crippen molar-refractivity contribution >= 4 is 65.6 Å². The summed E-state index contributed by atoms with van der Waals surface area (Å²) in [6, 6.07) is 83.5. The molecule has 0 aliphatic heterocycles. The smallest absolute Gasteiger partial charge is 0.238 e. The molecule has 14 rings (SSSR count). The molecule has 0 radical (unpaired) electrons. The highest BCUT2D eigenvalue weighted by Crippen LogP contribution is 2.42. The maximum absolute atomic E-state index is 6.61. The molecular formula is C63H39N5O. The Kier molecular flexibility index (Phi) is 8.79. The Bertz CT molecular complexity index is 4240. The van der Waals surface area contributed by atoms with Gasteiger partial charge in [0.1, 0.15) is 11.2 Å². The van der Waals surface area contributed by atoms with Crippen LogP contribution >= 0.6 is 0 Å². The molecule has 0 saturated heterocycles. The Labute approximate surface area is 396 Å². The second-order valence-corrected chi connectivity index (χ2v) is 17.6. The van der Waals surface area contributed by atoms with Crippen molar-refractivity contribution in [3.63, 3.8) is 0 Å². The molecule has 0 aliphatic carbocycles. The number of benzene rings is 10. The van der Waals surface area contributed by atoms with Gasteiger partial charge in [-0.1, -0.05) is 170 Å². The minimum atomic E-state index is 0.567. The van der Waals surface area contributed by atoms with Gasteiger partial charge in [-0.05, 0) is 100 Å². The third-order valence-electron chi connectivity index (χ3n) is 13.6. The topological polar surface area (TPSA) is 61.7 Å². The van der Waals surface area contributed by atoms with Gasteiger partial charge in [0, 0.05) is 49.1 Å². The molecule has 322 valence electrons. The molecule has 6 nitrogen and oxygen atoms in total. The average molecular weight is 882 g/mol. The number of rotatable bonds is 7. The lowest BCUT2D eigenvalue weighted by Crippen LogP contribution is -2.06. The first kappa shape index (κ1) is 38.8. The summed E-state index contributed by atoms with van der Waals surface area (Å²) >= 11 is 0. The molecule has 0 amide bonds. The van der Waals surface area contributed by atoms with Gasteiger partial charge in [0.25, 0.3) is 0 Å². The molecule has 0 unspecified atom stereocenters. The lowest BCUT2D eigenvalue weighted by atomic mass is 9.96. The van der Waals surface area contributed by atoms with E-state index in [1.165, 1.54) is 32.9 Å². The molecule has 4 heterocycles. The molecule has 10 aromatic carbocycles. The minimum Gasteiger partial charge on any atom is -0.456 e. The summed E-state index contributed by atoms with van der Waals surface area (Å²) in [5.41, 5.74) is 16.0. The minimum absolute atomic E-state index is 0.567. The van der Waals surface area contributed by atoms with Crippen LogP contribution < -0.4 is 0 Å². The van der Waals surface area contributed by atoms with E-state index in [0.717, 1.165) is 82.8 Å². The fraction of sp³-hybridized carbons (Fsp3) is 0. The zero-order valence-corrected chi connectivity index (χ0v) is 37.2. The summed E-state index contributed by atoms with van der Waals surface area (Å²) in [5, 5.41) is 6.82. The van der Waals surface area contributed by atoms with Crippen LogP contribution in [-0.2, 0) is 0 Å².